The maximum absolute atomic E-state index is 13.1. The van der Waals surface area contributed by atoms with E-state index in [1.807, 2.05) is 58.0 Å². The molecule has 0 bridgehead atoms. The number of halogens is 1. The predicted molar refractivity (Wildman–Crippen MR) is 144 cm³/mol. The zero-order valence-corrected chi connectivity index (χ0v) is 23.2. The van der Waals surface area contributed by atoms with Crippen LogP contribution in [0.2, 0.25) is 5.02 Å². The molecule has 3 aromatic heterocycles. The number of pyridine rings is 1. The number of methoxy groups -OCH3 is 1. The number of thioether (sulfide) groups is 1. The molecule has 9 heteroatoms. The van der Waals surface area contributed by atoms with Crippen molar-refractivity contribution in [1.29, 1.82) is 0 Å². The normalized spacial score (nSPS) is 11.3. The zero-order chi connectivity index (χ0) is 25.4. The molecule has 0 aliphatic rings. The first-order chi connectivity index (χ1) is 16.6. The van der Waals surface area contributed by atoms with Crippen molar-refractivity contribution in [3.05, 3.63) is 63.7 Å². The van der Waals surface area contributed by atoms with Gasteiger partial charge in [0.05, 0.1) is 22.7 Å². The summed E-state index contributed by atoms with van der Waals surface area (Å²) < 4.78 is 7.86. The molecule has 0 saturated carbocycles. The summed E-state index contributed by atoms with van der Waals surface area (Å²) in [6.45, 7) is 12.0. The van der Waals surface area contributed by atoms with Crippen LogP contribution in [0.25, 0.3) is 27.5 Å². The highest BCUT2D eigenvalue weighted by atomic mass is 35.5. The first-order valence-corrected chi connectivity index (χ1v) is 13.2. The number of rotatable bonds is 6. The number of benzene rings is 1. The van der Waals surface area contributed by atoms with Gasteiger partial charge in [-0.25, -0.2) is 9.78 Å². The van der Waals surface area contributed by atoms with Crippen LogP contribution in [0.4, 0.5) is 0 Å². The topological polar surface area (TPSA) is 69.9 Å². The first-order valence-electron chi connectivity index (χ1n) is 11.2. The lowest BCUT2D eigenvalue weighted by Gasteiger charge is -2.08. The van der Waals surface area contributed by atoms with E-state index in [2.05, 4.69) is 18.8 Å². The second-order valence-electron chi connectivity index (χ2n) is 8.61. The van der Waals surface area contributed by atoms with Crippen LogP contribution in [-0.2, 0) is 4.74 Å². The summed E-state index contributed by atoms with van der Waals surface area (Å²) in [7, 11) is 1.38. The van der Waals surface area contributed by atoms with Crippen LogP contribution in [0.5, 0.6) is 0 Å². The Morgan fingerprint density at radius 3 is 2.34 bits per heavy atom. The van der Waals surface area contributed by atoms with E-state index < -0.39 is 5.97 Å². The molecular formula is C26H27ClN4O2S2. The Hall–Kier alpha value is -2.68. The summed E-state index contributed by atoms with van der Waals surface area (Å²) >= 11 is 9.52. The number of thiazole rings is 1. The van der Waals surface area contributed by atoms with Gasteiger partial charge >= 0.3 is 5.97 Å². The van der Waals surface area contributed by atoms with Crippen LogP contribution in [0, 0.1) is 27.7 Å². The molecule has 0 fully saturated rings. The van der Waals surface area contributed by atoms with E-state index in [4.69, 9.17) is 26.4 Å². The number of hydrogen-bond donors (Lipinski definition) is 0. The van der Waals surface area contributed by atoms with Gasteiger partial charge in [0.1, 0.15) is 0 Å². The summed E-state index contributed by atoms with van der Waals surface area (Å²) in [5, 5.41) is 6.43. The molecule has 0 aliphatic carbocycles. The Labute approximate surface area is 218 Å². The highest BCUT2D eigenvalue weighted by Crippen LogP contribution is 2.41. The fourth-order valence-corrected chi connectivity index (χ4v) is 6.53. The Bertz CT molecular complexity index is 1400. The van der Waals surface area contributed by atoms with Crippen LogP contribution in [-0.4, -0.2) is 38.1 Å². The van der Waals surface area contributed by atoms with E-state index in [0.717, 1.165) is 43.5 Å². The maximum atomic E-state index is 13.1. The number of aryl methyl sites for hydroxylation is 4. The van der Waals surface area contributed by atoms with Crippen molar-refractivity contribution < 1.29 is 9.53 Å². The number of esters is 1. The van der Waals surface area contributed by atoms with E-state index in [1.54, 1.807) is 16.4 Å². The standard InChI is InChI=1S/C26H27ClN4O2S2/c1-13(2)34-25-22(18-8-9-20(27)14(3)10-18)29-26(35-25)31-23(24(32)33-7)21(17(6)30-31)19-11-15(4)28-16(5)12-19/h8-13H,1-7H3. The lowest BCUT2D eigenvalue weighted by molar-refractivity contribution is 0.0591. The molecule has 0 atom stereocenters. The average Bonchev–Trinajstić information content (AvgIpc) is 3.34. The molecule has 0 spiro atoms. The molecule has 4 rings (SSSR count). The Morgan fingerprint density at radius 2 is 1.74 bits per heavy atom. The minimum absolute atomic E-state index is 0.351. The second kappa shape index (κ2) is 10.1. The lowest BCUT2D eigenvalue weighted by atomic mass is 10.0. The van der Waals surface area contributed by atoms with Crippen molar-refractivity contribution in [3.8, 4) is 27.5 Å². The highest BCUT2D eigenvalue weighted by Gasteiger charge is 2.28. The van der Waals surface area contributed by atoms with Crippen molar-refractivity contribution in [2.45, 2.75) is 51.0 Å². The van der Waals surface area contributed by atoms with E-state index in [-0.39, 0.29) is 0 Å². The fraction of sp³-hybridized carbons (Fsp3) is 0.308. The third kappa shape index (κ3) is 5.15. The van der Waals surface area contributed by atoms with Crippen molar-refractivity contribution >= 4 is 40.7 Å². The minimum Gasteiger partial charge on any atom is -0.464 e. The van der Waals surface area contributed by atoms with Crippen LogP contribution in [0.15, 0.2) is 34.5 Å². The van der Waals surface area contributed by atoms with Crippen LogP contribution < -0.4 is 0 Å². The Morgan fingerprint density at radius 1 is 1.06 bits per heavy atom. The Balaban J connectivity index is 1.95. The Kier molecular flexibility index (Phi) is 7.35. The van der Waals surface area contributed by atoms with Crippen molar-refractivity contribution in [3.63, 3.8) is 0 Å². The zero-order valence-electron chi connectivity index (χ0n) is 20.8. The van der Waals surface area contributed by atoms with E-state index in [1.165, 1.54) is 18.4 Å². The molecule has 0 N–H and O–H groups in total. The fourth-order valence-electron chi connectivity index (χ4n) is 3.93. The van der Waals surface area contributed by atoms with Gasteiger partial charge in [0.25, 0.3) is 0 Å². The van der Waals surface area contributed by atoms with Gasteiger partial charge in [0.2, 0.25) is 5.13 Å². The number of nitrogens with zero attached hydrogens (tertiary/aromatic N) is 4. The van der Waals surface area contributed by atoms with Crippen LogP contribution >= 0.6 is 34.7 Å². The molecule has 0 aliphatic heterocycles. The molecule has 3 heterocycles. The predicted octanol–water partition coefficient (Wildman–Crippen LogP) is 7.23. The van der Waals surface area contributed by atoms with Gasteiger partial charge in [-0.2, -0.15) is 9.78 Å². The first kappa shape index (κ1) is 25.4. The minimum atomic E-state index is -0.468. The quantitative estimate of drug-likeness (QED) is 0.195. The summed E-state index contributed by atoms with van der Waals surface area (Å²) in [6, 6.07) is 9.81. The molecule has 182 valence electrons. The highest BCUT2D eigenvalue weighted by molar-refractivity contribution is 8.01. The third-order valence-corrected chi connectivity index (χ3v) is 8.02. The van der Waals surface area contributed by atoms with Gasteiger partial charge in [-0.1, -0.05) is 42.9 Å². The number of aromatic nitrogens is 4. The monoisotopic (exact) mass is 526 g/mol. The number of carbonyl (C=O) groups excluding carboxylic acids is 1. The molecule has 6 nitrogen and oxygen atoms in total. The summed E-state index contributed by atoms with van der Waals surface area (Å²) in [6.07, 6.45) is 0. The SMILES string of the molecule is COC(=O)c1c(-c2cc(C)nc(C)c2)c(C)nn1-c1nc(-c2ccc(Cl)c(C)c2)c(SC(C)C)s1. The number of carbonyl (C=O) groups is 1. The molecule has 0 saturated heterocycles. The summed E-state index contributed by atoms with van der Waals surface area (Å²) in [5.41, 5.74) is 7.21. The molecule has 0 radical (unpaired) electrons. The largest absolute Gasteiger partial charge is 0.464 e. The molecule has 0 unspecified atom stereocenters. The number of hydrogen-bond acceptors (Lipinski definition) is 7. The molecule has 4 aromatic rings. The maximum Gasteiger partial charge on any atom is 0.357 e. The van der Waals surface area contributed by atoms with Crippen molar-refractivity contribution in [2.75, 3.05) is 7.11 Å². The summed E-state index contributed by atoms with van der Waals surface area (Å²) in [4.78, 5) is 22.5. The molecule has 1 aromatic carbocycles. The van der Waals surface area contributed by atoms with Crippen molar-refractivity contribution in [1.82, 2.24) is 19.7 Å². The molecule has 0 amide bonds. The molecule has 35 heavy (non-hydrogen) atoms. The van der Waals surface area contributed by atoms with Gasteiger partial charge in [0.15, 0.2) is 5.69 Å². The van der Waals surface area contributed by atoms with E-state index in [0.29, 0.717) is 26.8 Å². The van der Waals surface area contributed by atoms with Crippen molar-refractivity contribution in [2.24, 2.45) is 0 Å². The van der Waals surface area contributed by atoms with E-state index in [9.17, 15) is 4.79 Å². The third-order valence-electron chi connectivity index (χ3n) is 5.35. The van der Waals surface area contributed by atoms with Crippen LogP contribution in [0.3, 0.4) is 0 Å². The summed E-state index contributed by atoms with van der Waals surface area (Å²) in [5.74, 6) is -0.468. The molecular weight excluding hydrogens is 500 g/mol. The van der Waals surface area contributed by atoms with Gasteiger partial charge in [-0.15, -0.1) is 11.8 Å². The van der Waals surface area contributed by atoms with Gasteiger partial charge in [-0.05, 0) is 63.1 Å². The van der Waals surface area contributed by atoms with E-state index >= 15 is 0 Å². The smallest absolute Gasteiger partial charge is 0.357 e. The van der Waals surface area contributed by atoms with Gasteiger partial charge < -0.3 is 4.74 Å². The van der Waals surface area contributed by atoms with Gasteiger partial charge in [-0.3, -0.25) is 4.98 Å². The lowest BCUT2D eigenvalue weighted by Crippen LogP contribution is -2.11. The number of ether oxygens (including phenoxy) is 1. The second-order valence-corrected chi connectivity index (χ2v) is 11.8. The van der Waals surface area contributed by atoms with Crippen LogP contribution in [0.1, 0.15) is 47.0 Å². The van der Waals surface area contributed by atoms with Gasteiger partial charge in [0, 0.05) is 32.8 Å². The average molecular weight is 527 g/mol.